The van der Waals surface area contributed by atoms with Gasteiger partial charge in [0.2, 0.25) is 0 Å². The lowest BCUT2D eigenvalue weighted by Crippen LogP contribution is -2.33. The maximum atomic E-state index is 11.7. The number of hydrogen-bond donors (Lipinski definition) is 3. The standard InChI is InChI=1S/C18H22N6O2/c1-11(2)21-18(25)26-14-5-4-13(7-14)15-8-17(24-23-15)22-16-6-3-12(9-19)10-20-16/h3,6,8,10-11,13-14H,4-5,7H2,1-2H3,(H,21,25)(H2,20,22,23,24)/t13-,14+/m1/s1. The number of ether oxygens (including phenoxy) is 1. The highest BCUT2D eigenvalue weighted by atomic mass is 16.6. The first-order valence-corrected chi connectivity index (χ1v) is 8.69. The number of hydrogen-bond acceptors (Lipinski definition) is 6. The van der Waals surface area contributed by atoms with E-state index in [0.717, 1.165) is 25.0 Å². The summed E-state index contributed by atoms with van der Waals surface area (Å²) in [4.78, 5) is 15.9. The minimum absolute atomic E-state index is 0.0665. The molecule has 1 saturated carbocycles. The molecule has 26 heavy (non-hydrogen) atoms. The average molecular weight is 354 g/mol. The molecule has 2 aromatic heterocycles. The van der Waals surface area contributed by atoms with Crippen LogP contribution in [-0.4, -0.2) is 33.4 Å². The number of nitriles is 1. The fraction of sp³-hybridized carbons (Fsp3) is 0.444. The van der Waals surface area contributed by atoms with Crippen LogP contribution < -0.4 is 10.6 Å². The zero-order valence-electron chi connectivity index (χ0n) is 14.8. The minimum atomic E-state index is -0.357. The maximum absolute atomic E-state index is 11.7. The number of alkyl carbamates (subject to hydrolysis) is 1. The van der Waals surface area contributed by atoms with Gasteiger partial charge in [-0.15, -0.1) is 0 Å². The summed E-state index contributed by atoms with van der Waals surface area (Å²) in [6.45, 7) is 3.81. The van der Waals surface area contributed by atoms with Crippen LogP contribution in [0.25, 0.3) is 0 Å². The van der Waals surface area contributed by atoms with Crippen LogP contribution >= 0.6 is 0 Å². The van der Waals surface area contributed by atoms with Gasteiger partial charge < -0.3 is 15.4 Å². The van der Waals surface area contributed by atoms with E-state index in [1.54, 1.807) is 12.1 Å². The lowest BCUT2D eigenvalue weighted by atomic mass is 10.0. The molecule has 0 aliphatic heterocycles. The van der Waals surface area contributed by atoms with Gasteiger partial charge in [-0.05, 0) is 45.2 Å². The van der Waals surface area contributed by atoms with Crippen LogP contribution in [0.1, 0.15) is 50.3 Å². The summed E-state index contributed by atoms with van der Waals surface area (Å²) in [5.41, 5.74) is 1.52. The Hall–Kier alpha value is -3.08. The van der Waals surface area contributed by atoms with E-state index in [-0.39, 0.29) is 24.2 Å². The smallest absolute Gasteiger partial charge is 0.407 e. The highest BCUT2D eigenvalue weighted by Crippen LogP contribution is 2.36. The van der Waals surface area contributed by atoms with Gasteiger partial charge in [-0.2, -0.15) is 10.4 Å². The monoisotopic (exact) mass is 354 g/mol. The summed E-state index contributed by atoms with van der Waals surface area (Å²) in [5, 5.41) is 22.0. The fourth-order valence-electron chi connectivity index (χ4n) is 3.03. The Morgan fingerprint density at radius 3 is 2.92 bits per heavy atom. The Labute approximate surface area is 152 Å². The summed E-state index contributed by atoms with van der Waals surface area (Å²) in [6, 6.07) is 7.48. The second-order valence-electron chi connectivity index (χ2n) is 6.71. The number of nitrogens with one attached hydrogen (secondary N) is 3. The maximum Gasteiger partial charge on any atom is 0.407 e. The Balaban J connectivity index is 1.55. The molecule has 3 N–H and O–H groups in total. The summed E-state index contributed by atoms with van der Waals surface area (Å²) in [6.07, 6.45) is 3.65. The lowest BCUT2D eigenvalue weighted by Gasteiger charge is -2.14. The van der Waals surface area contributed by atoms with E-state index >= 15 is 0 Å². The SMILES string of the molecule is CC(C)NC(=O)O[C@H]1CC[C@@H](c2cc(Nc3ccc(C#N)cn3)n[nH]2)C1. The third-order valence-electron chi connectivity index (χ3n) is 4.25. The van der Waals surface area contributed by atoms with Gasteiger partial charge in [0.15, 0.2) is 5.82 Å². The molecule has 0 bridgehead atoms. The summed E-state index contributed by atoms with van der Waals surface area (Å²) < 4.78 is 5.46. The van der Waals surface area contributed by atoms with E-state index in [4.69, 9.17) is 10.00 Å². The zero-order valence-corrected chi connectivity index (χ0v) is 14.8. The zero-order chi connectivity index (χ0) is 18.5. The molecule has 1 fully saturated rings. The highest BCUT2D eigenvalue weighted by Gasteiger charge is 2.30. The van der Waals surface area contributed by atoms with Crippen molar-refractivity contribution >= 4 is 17.7 Å². The molecule has 2 aromatic rings. The van der Waals surface area contributed by atoms with Crippen molar-refractivity contribution in [1.82, 2.24) is 20.5 Å². The van der Waals surface area contributed by atoms with E-state index < -0.39 is 0 Å². The molecule has 1 amide bonds. The highest BCUT2D eigenvalue weighted by molar-refractivity contribution is 5.67. The lowest BCUT2D eigenvalue weighted by molar-refractivity contribution is 0.0981. The van der Waals surface area contributed by atoms with Crippen molar-refractivity contribution in [3.05, 3.63) is 35.7 Å². The van der Waals surface area contributed by atoms with E-state index in [0.29, 0.717) is 17.2 Å². The molecule has 3 rings (SSSR count). The predicted molar refractivity (Wildman–Crippen MR) is 96.0 cm³/mol. The molecule has 1 aliphatic rings. The van der Waals surface area contributed by atoms with Crippen molar-refractivity contribution in [2.24, 2.45) is 0 Å². The second kappa shape index (κ2) is 7.87. The number of carbonyl (C=O) groups excluding carboxylic acids is 1. The molecule has 0 radical (unpaired) electrons. The van der Waals surface area contributed by atoms with E-state index in [2.05, 4.69) is 25.8 Å². The molecule has 136 valence electrons. The van der Waals surface area contributed by atoms with Gasteiger partial charge in [0.25, 0.3) is 0 Å². The third kappa shape index (κ3) is 4.51. The molecule has 0 aromatic carbocycles. The number of pyridine rings is 1. The molecule has 0 saturated heterocycles. The van der Waals surface area contributed by atoms with Crippen LogP contribution in [0.3, 0.4) is 0 Å². The van der Waals surface area contributed by atoms with Gasteiger partial charge in [0.1, 0.15) is 18.0 Å². The number of H-pyrrole nitrogens is 1. The van der Waals surface area contributed by atoms with E-state index in [1.807, 2.05) is 26.0 Å². The average Bonchev–Trinajstić information content (AvgIpc) is 3.24. The van der Waals surface area contributed by atoms with Gasteiger partial charge in [-0.3, -0.25) is 5.10 Å². The molecule has 0 spiro atoms. The van der Waals surface area contributed by atoms with Crippen LogP contribution in [0.5, 0.6) is 0 Å². The Kier molecular flexibility index (Phi) is 5.37. The number of anilines is 2. The first kappa shape index (κ1) is 17.7. The summed E-state index contributed by atoms with van der Waals surface area (Å²) >= 11 is 0. The number of nitrogens with zero attached hydrogens (tertiary/aromatic N) is 3. The molecular weight excluding hydrogens is 332 g/mol. The molecular formula is C18H22N6O2. The molecule has 0 unspecified atom stereocenters. The Bertz CT molecular complexity index is 793. The summed E-state index contributed by atoms with van der Waals surface area (Å²) in [5.74, 6) is 1.57. The topological polar surface area (TPSA) is 116 Å². The normalized spacial score (nSPS) is 19.2. The van der Waals surface area contributed by atoms with Crippen LogP contribution in [0.4, 0.5) is 16.4 Å². The number of aromatic nitrogens is 3. The fourth-order valence-corrected chi connectivity index (χ4v) is 3.03. The van der Waals surface area contributed by atoms with Gasteiger partial charge in [0, 0.05) is 29.9 Å². The number of rotatable bonds is 5. The van der Waals surface area contributed by atoms with E-state index in [9.17, 15) is 4.79 Å². The van der Waals surface area contributed by atoms with Crippen LogP contribution in [0.15, 0.2) is 24.4 Å². The van der Waals surface area contributed by atoms with Crippen LogP contribution in [-0.2, 0) is 4.74 Å². The second-order valence-corrected chi connectivity index (χ2v) is 6.71. The minimum Gasteiger partial charge on any atom is -0.446 e. The first-order valence-electron chi connectivity index (χ1n) is 8.69. The Morgan fingerprint density at radius 1 is 1.38 bits per heavy atom. The van der Waals surface area contributed by atoms with Crippen molar-refractivity contribution in [3.63, 3.8) is 0 Å². The van der Waals surface area contributed by atoms with Crippen molar-refractivity contribution in [1.29, 1.82) is 5.26 Å². The molecule has 2 atom stereocenters. The number of aromatic amines is 1. The van der Waals surface area contributed by atoms with Gasteiger partial charge in [-0.25, -0.2) is 9.78 Å². The van der Waals surface area contributed by atoms with Gasteiger partial charge in [-0.1, -0.05) is 0 Å². The first-order chi connectivity index (χ1) is 12.5. The molecule has 8 heteroatoms. The van der Waals surface area contributed by atoms with Crippen molar-refractivity contribution in [3.8, 4) is 6.07 Å². The van der Waals surface area contributed by atoms with Gasteiger partial charge in [0.05, 0.1) is 5.56 Å². The molecule has 1 aliphatic carbocycles. The predicted octanol–water partition coefficient (Wildman–Crippen LogP) is 3.19. The summed E-state index contributed by atoms with van der Waals surface area (Å²) in [7, 11) is 0. The van der Waals surface area contributed by atoms with Crippen molar-refractivity contribution in [2.45, 2.75) is 51.2 Å². The number of carbonyl (C=O) groups is 1. The largest absolute Gasteiger partial charge is 0.446 e. The van der Waals surface area contributed by atoms with E-state index in [1.165, 1.54) is 6.20 Å². The third-order valence-corrected chi connectivity index (χ3v) is 4.25. The molecule has 8 nitrogen and oxygen atoms in total. The van der Waals surface area contributed by atoms with Crippen LogP contribution in [0.2, 0.25) is 0 Å². The number of amides is 1. The Morgan fingerprint density at radius 2 is 2.23 bits per heavy atom. The van der Waals surface area contributed by atoms with Crippen molar-refractivity contribution < 1.29 is 9.53 Å². The quantitative estimate of drug-likeness (QED) is 0.759. The van der Waals surface area contributed by atoms with Gasteiger partial charge >= 0.3 is 6.09 Å². The van der Waals surface area contributed by atoms with Crippen LogP contribution in [0, 0.1) is 11.3 Å². The van der Waals surface area contributed by atoms with Crippen molar-refractivity contribution in [2.75, 3.05) is 5.32 Å². The molecule has 2 heterocycles.